The van der Waals surface area contributed by atoms with Gasteiger partial charge in [0.25, 0.3) is 0 Å². The molecule has 3 rings (SSSR count). The molecule has 1 aliphatic rings. The summed E-state index contributed by atoms with van der Waals surface area (Å²) in [6, 6.07) is 9.02. The molecule has 2 N–H and O–H groups in total. The van der Waals surface area contributed by atoms with Gasteiger partial charge in [-0.25, -0.2) is 0 Å². The molecule has 1 heterocycles. The number of amides is 2. The smallest absolute Gasteiger partial charge is 0.224 e. The molecule has 1 aliphatic carbocycles. The molecule has 1 saturated carbocycles. The van der Waals surface area contributed by atoms with Crippen LogP contribution in [0.3, 0.4) is 0 Å². The lowest BCUT2D eigenvalue weighted by molar-refractivity contribution is -0.127. The number of aromatic nitrogens is 1. The monoisotopic (exact) mass is 391 g/mol. The van der Waals surface area contributed by atoms with Gasteiger partial charge in [-0.15, -0.1) is 0 Å². The Morgan fingerprint density at radius 3 is 2.58 bits per heavy atom. The molecular formula is C19H19Cl2N3O2. The van der Waals surface area contributed by atoms with Crippen LogP contribution in [0, 0.1) is 11.8 Å². The van der Waals surface area contributed by atoms with E-state index in [0.29, 0.717) is 36.0 Å². The number of carbonyl (C=O) groups is 2. The minimum Gasteiger partial charge on any atom is -0.356 e. The Hall–Kier alpha value is -2.11. The third-order valence-corrected chi connectivity index (χ3v) is 4.95. The van der Waals surface area contributed by atoms with E-state index in [9.17, 15) is 9.59 Å². The quantitative estimate of drug-likeness (QED) is 0.761. The van der Waals surface area contributed by atoms with Crippen molar-refractivity contribution in [1.29, 1.82) is 0 Å². The molecule has 0 aliphatic heterocycles. The van der Waals surface area contributed by atoms with Crippen LogP contribution in [-0.2, 0) is 22.6 Å². The van der Waals surface area contributed by atoms with Crippen LogP contribution >= 0.6 is 23.2 Å². The molecule has 2 amide bonds. The van der Waals surface area contributed by atoms with Gasteiger partial charge in [0.2, 0.25) is 11.8 Å². The average Bonchev–Trinajstić information content (AvgIpc) is 3.43. The Labute approximate surface area is 162 Å². The molecule has 2 aromatic rings. The second-order valence-corrected chi connectivity index (χ2v) is 7.15. The standard InChI is InChI=1S/C19H19Cl2N3O2/c20-14-4-3-13(17(21)8-14)5-7-23-18(25)15-9-16(15)19(26)24-11-12-2-1-6-22-10-12/h1-4,6,8,10,15-16H,5,7,9,11H2,(H,23,25)(H,24,26). The van der Waals surface area contributed by atoms with E-state index in [-0.39, 0.29) is 23.7 Å². The van der Waals surface area contributed by atoms with Crippen LogP contribution in [0.4, 0.5) is 0 Å². The van der Waals surface area contributed by atoms with Crippen LogP contribution in [0.15, 0.2) is 42.7 Å². The maximum Gasteiger partial charge on any atom is 0.224 e. The first-order valence-electron chi connectivity index (χ1n) is 8.43. The Morgan fingerprint density at radius 2 is 1.88 bits per heavy atom. The second kappa shape index (κ2) is 8.52. The second-order valence-electron chi connectivity index (χ2n) is 6.30. The third-order valence-electron chi connectivity index (χ3n) is 4.36. The fraction of sp³-hybridized carbons (Fsp3) is 0.316. The lowest BCUT2D eigenvalue weighted by atomic mass is 10.1. The molecule has 7 heteroatoms. The third kappa shape index (κ3) is 4.96. The molecule has 5 nitrogen and oxygen atoms in total. The number of pyridine rings is 1. The molecule has 0 spiro atoms. The van der Waals surface area contributed by atoms with Crippen LogP contribution in [0.5, 0.6) is 0 Å². The van der Waals surface area contributed by atoms with E-state index in [1.807, 2.05) is 18.2 Å². The van der Waals surface area contributed by atoms with Gasteiger partial charge in [-0.2, -0.15) is 0 Å². The molecule has 2 unspecified atom stereocenters. The predicted octanol–water partition coefficient (Wildman–Crippen LogP) is 3.00. The zero-order valence-corrected chi connectivity index (χ0v) is 15.6. The molecule has 2 atom stereocenters. The molecule has 1 aromatic heterocycles. The van der Waals surface area contributed by atoms with Crippen LogP contribution < -0.4 is 10.6 Å². The van der Waals surface area contributed by atoms with Crippen LogP contribution in [-0.4, -0.2) is 23.3 Å². The Morgan fingerprint density at radius 1 is 1.12 bits per heavy atom. The van der Waals surface area contributed by atoms with Crippen molar-refractivity contribution in [3.8, 4) is 0 Å². The first-order chi connectivity index (χ1) is 12.5. The summed E-state index contributed by atoms with van der Waals surface area (Å²) in [7, 11) is 0. The summed E-state index contributed by atoms with van der Waals surface area (Å²) in [4.78, 5) is 28.3. The van der Waals surface area contributed by atoms with Gasteiger partial charge in [0.1, 0.15) is 0 Å². The Kier molecular flexibility index (Phi) is 6.12. The Balaban J connectivity index is 1.39. The van der Waals surface area contributed by atoms with Crippen molar-refractivity contribution in [2.45, 2.75) is 19.4 Å². The van der Waals surface area contributed by atoms with E-state index in [1.54, 1.807) is 24.5 Å². The SMILES string of the molecule is O=C(NCCc1ccc(Cl)cc1Cl)C1CC1C(=O)NCc1cccnc1. The zero-order chi connectivity index (χ0) is 18.5. The fourth-order valence-corrected chi connectivity index (χ4v) is 3.28. The highest BCUT2D eigenvalue weighted by Crippen LogP contribution is 2.38. The number of nitrogens with one attached hydrogen (secondary N) is 2. The summed E-state index contributed by atoms with van der Waals surface area (Å²) in [5, 5.41) is 6.90. The van der Waals surface area contributed by atoms with Gasteiger partial charge in [0.15, 0.2) is 0 Å². The van der Waals surface area contributed by atoms with E-state index in [0.717, 1.165) is 11.1 Å². The summed E-state index contributed by atoms with van der Waals surface area (Å²) in [5.41, 5.74) is 1.86. The summed E-state index contributed by atoms with van der Waals surface area (Å²) in [5.74, 6) is -0.665. The van der Waals surface area contributed by atoms with E-state index >= 15 is 0 Å². The summed E-state index contributed by atoms with van der Waals surface area (Å²) in [6.07, 6.45) is 4.60. The van der Waals surface area contributed by atoms with Gasteiger partial charge >= 0.3 is 0 Å². The molecule has 1 aromatic carbocycles. The first kappa shape index (κ1) is 18.7. The van der Waals surface area contributed by atoms with Gasteiger partial charge in [-0.3, -0.25) is 14.6 Å². The van der Waals surface area contributed by atoms with E-state index in [2.05, 4.69) is 15.6 Å². The highest BCUT2D eigenvalue weighted by Gasteiger charge is 2.47. The maximum absolute atomic E-state index is 12.2. The average molecular weight is 392 g/mol. The lowest BCUT2D eigenvalue weighted by Crippen LogP contribution is -2.31. The lowest BCUT2D eigenvalue weighted by Gasteiger charge is -2.07. The van der Waals surface area contributed by atoms with Crippen molar-refractivity contribution in [2.75, 3.05) is 6.54 Å². The van der Waals surface area contributed by atoms with Gasteiger partial charge in [0, 0.05) is 35.5 Å². The normalized spacial score (nSPS) is 18.2. The summed E-state index contributed by atoms with van der Waals surface area (Å²) in [6.45, 7) is 0.896. The zero-order valence-electron chi connectivity index (χ0n) is 14.0. The predicted molar refractivity (Wildman–Crippen MR) is 101 cm³/mol. The molecule has 0 saturated heterocycles. The number of hydrogen-bond donors (Lipinski definition) is 2. The molecule has 136 valence electrons. The van der Waals surface area contributed by atoms with Crippen molar-refractivity contribution in [1.82, 2.24) is 15.6 Å². The van der Waals surface area contributed by atoms with Crippen molar-refractivity contribution in [2.24, 2.45) is 11.8 Å². The topological polar surface area (TPSA) is 71.1 Å². The van der Waals surface area contributed by atoms with E-state index in [4.69, 9.17) is 23.2 Å². The number of hydrogen-bond acceptors (Lipinski definition) is 3. The molecule has 0 radical (unpaired) electrons. The minimum atomic E-state index is -0.246. The number of nitrogens with zero attached hydrogens (tertiary/aromatic N) is 1. The molecule has 26 heavy (non-hydrogen) atoms. The van der Waals surface area contributed by atoms with E-state index in [1.165, 1.54) is 0 Å². The maximum atomic E-state index is 12.2. The molecule has 1 fully saturated rings. The first-order valence-corrected chi connectivity index (χ1v) is 9.18. The Bertz CT molecular complexity index is 799. The van der Waals surface area contributed by atoms with Gasteiger partial charge in [-0.1, -0.05) is 35.3 Å². The van der Waals surface area contributed by atoms with Crippen LogP contribution in [0.25, 0.3) is 0 Å². The largest absolute Gasteiger partial charge is 0.356 e. The van der Waals surface area contributed by atoms with Crippen LogP contribution in [0.2, 0.25) is 10.0 Å². The van der Waals surface area contributed by atoms with E-state index < -0.39 is 0 Å². The highest BCUT2D eigenvalue weighted by atomic mass is 35.5. The van der Waals surface area contributed by atoms with Gasteiger partial charge in [-0.05, 0) is 42.2 Å². The summed E-state index contributed by atoms with van der Waals surface area (Å²) >= 11 is 12.0. The van der Waals surface area contributed by atoms with Crippen molar-refractivity contribution < 1.29 is 9.59 Å². The molecular weight excluding hydrogens is 373 g/mol. The van der Waals surface area contributed by atoms with Crippen molar-refractivity contribution >= 4 is 35.0 Å². The van der Waals surface area contributed by atoms with Gasteiger partial charge in [0.05, 0.1) is 11.8 Å². The highest BCUT2D eigenvalue weighted by molar-refractivity contribution is 6.35. The van der Waals surface area contributed by atoms with Gasteiger partial charge < -0.3 is 10.6 Å². The fourth-order valence-electron chi connectivity index (χ4n) is 2.77. The van der Waals surface area contributed by atoms with Crippen molar-refractivity contribution in [3.63, 3.8) is 0 Å². The van der Waals surface area contributed by atoms with Crippen molar-refractivity contribution in [3.05, 3.63) is 63.9 Å². The molecule has 0 bridgehead atoms. The van der Waals surface area contributed by atoms with Crippen LogP contribution in [0.1, 0.15) is 17.5 Å². The minimum absolute atomic E-state index is 0.0865. The summed E-state index contributed by atoms with van der Waals surface area (Å²) < 4.78 is 0. The number of carbonyl (C=O) groups excluding carboxylic acids is 2. The number of rotatable bonds is 7. The number of benzene rings is 1. The number of halogens is 2.